The number of hydrogen-bond donors (Lipinski definition) is 3. The summed E-state index contributed by atoms with van der Waals surface area (Å²) in [5.74, 6) is -0.0867. The highest BCUT2D eigenvalue weighted by Gasteiger charge is 2.21. The molecule has 1 aliphatic heterocycles. The summed E-state index contributed by atoms with van der Waals surface area (Å²) in [5, 5.41) is 2.79. The van der Waals surface area contributed by atoms with Crippen molar-refractivity contribution in [2.45, 2.75) is 13.0 Å². The zero-order valence-corrected chi connectivity index (χ0v) is 18.3. The number of H-pyrrole nitrogens is 2. The first-order valence-electron chi connectivity index (χ1n) is 10.8. The molecule has 2 aromatic heterocycles. The number of halogens is 1. The second-order valence-electron chi connectivity index (χ2n) is 8.01. The van der Waals surface area contributed by atoms with Gasteiger partial charge in [-0.2, -0.15) is 0 Å². The van der Waals surface area contributed by atoms with Gasteiger partial charge in [0.1, 0.15) is 17.1 Å². The molecular formula is C24H22FN5O4. The molecular weight excluding hydrogens is 441 g/mol. The van der Waals surface area contributed by atoms with Gasteiger partial charge in [0.2, 0.25) is 0 Å². The van der Waals surface area contributed by atoms with Crippen LogP contribution < -0.4 is 20.6 Å². The summed E-state index contributed by atoms with van der Waals surface area (Å²) in [6, 6.07) is 12.8. The summed E-state index contributed by atoms with van der Waals surface area (Å²) in [6.45, 7) is 3.72. The minimum Gasteiger partial charge on any atom is -0.455 e. The minimum atomic E-state index is -0.486. The van der Waals surface area contributed by atoms with Gasteiger partial charge in [-0.3, -0.25) is 9.78 Å². The van der Waals surface area contributed by atoms with Gasteiger partial charge in [-0.25, -0.2) is 14.2 Å². The lowest BCUT2D eigenvalue weighted by Gasteiger charge is -2.35. The Morgan fingerprint density at radius 1 is 1.24 bits per heavy atom. The molecule has 5 rings (SSSR count). The molecule has 1 aliphatic rings. The first-order chi connectivity index (χ1) is 16.5. The van der Waals surface area contributed by atoms with E-state index in [-0.39, 0.29) is 17.3 Å². The van der Waals surface area contributed by atoms with Crippen molar-refractivity contribution in [2.24, 2.45) is 0 Å². The summed E-state index contributed by atoms with van der Waals surface area (Å²) in [7, 11) is 0. The van der Waals surface area contributed by atoms with Crippen molar-refractivity contribution >= 4 is 28.4 Å². The van der Waals surface area contributed by atoms with Gasteiger partial charge in [-0.1, -0.05) is 6.07 Å². The van der Waals surface area contributed by atoms with Crippen LogP contribution in [0.2, 0.25) is 0 Å². The smallest absolute Gasteiger partial charge is 0.325 e. The molecule has 1 fully saturated rings. The lowest BCUT2D eigenvalue weighted by atomic mass is 10.1. The Morgan fingerprint density at radius 2 is 2.12 bits per heavy atom. The van der Waals surface area contributed by atoms with E-state index < -0.39 is 11.7 Å². The normalized spacial score (nSPS) is 15.9. The fourth-order valence-corrected chi connectivity index (χ4v) is 3.95. The average Bonchev–Trinajstić information content (AvgIpc) is 3.20. The van der Waals surface area contributed by atoms with Crippen molar-refractivity contribution in [1.29, 1.82) is 0 Å². The van der Waals surface area contributed by atoms with Gasteiger partial charge in [-0.05, 0) is 37.3 Å². The summed E-state index contributed by atoms with van der Waals surface area (Å²) in [5.41, 5.74) is 1.75. The highest BCUT2D eigenvalue weighted by atomic mass is 19.1. The zero-order valence-electron chi connectivity index (χ0n) is 18.3. The first kappa shape index (κ1) is 21.7. The van der Waals surface area contributed by atoms with E-state index in [2.05, 4.69) is 20.3 Å². The van der Waals surface area contributed by atoms with Crippen LogP contribution >= 0.6 is 0 Å². The Morgan fingerprint density at radius 3 is 2.97 bits per heavy atom. The maximum absolute atomic E-state index is 14.4. The number of benzene rings is 2. The summed E-state index contributed by atoms with van der Waals surface area (Å²) in [6.07, 6.45) is 1.52. The van der Waals surface area contributed by atoms with Crippen molar-refractivity contribution in [3.8, 4) is 11.5 Å². The molecule has 2 aromatic carbocycles. The van der Waals surface area contributed by atoms with E-state index in [9.17, 15) is 14.0 Å². The minimum absolute atomic E-state index is 0.0786. The third kappa shape index (κ3) is 4.48. The molecule has 10 heteroatoms. The Hall–Kier alpha value is -4.18. The van der Waals surface area contributed by atoms with Crippen LogP contribution in [0.15, 0.2) is 59.5 Å². The third-order valence-corrected chi connectivity index (χ3v) is 5.55. The van der Waals surface area contributed by atoms with Gasteiger partial charge < -0.3 is 24.7 Å². The number of ether oxygens (including phenoxy) is 2. The van der Waals surface area contributed by atoms with Crippen molar-refractivity contribution in [1.82, 2.24) is 15.0 Å². The molecule has 0 spiro atoms. The fraction of sp³-hybridized carbons (Fsp3) is 0.208. The fourth-order valence-electron chi connectivity index (χ4n) is 3.95. The molecule has 9 nitrogen and oxygen atoms in total. The molecule has 0 radical (unpaired) electrons. The summed E-state index contributed by atoms with van der Waals surface area (Å²) >= 11 is 0. The average molecular weight is 463 g/mol. The lowest BCUT2D eigenvalue weighted by molar-refractivity contribution is 0.0988. The maximum Gasteiger partial charge on any atom is 0.325 e. The van der Waals surface area contributed by atoms with Gasteiger partial charge in [0, 0.05) is 47.9 Å². The molecule has 0 bridgehead atoms. The number of morpholine rings is 1. The largest absolute Gasteiger partial charge is 0.455 e. The van der Waals surface area contributed by atoms with Crippen LogP contribution in [0.25, 0.3) is 11.2 Å². The number of rotatable bonds is 5. The van der Waals surface area contributed by atoms with E-state index in [1.165, 1.54) is 18.3 Å². The number of amides is 1. The second kappa shape index (κ2) is 8.99. The Balaban J connectivity index is 1.35. The highest BCUT2D eigenvalue weighted by Crippen LogP contribution is 2.28. The number of aromatic nitrogens is 3. The van der Waals surface area contributed by atoms with Crippen molar-refractivity contribution in [3.05, 3.63) is 76.6 Å². The van der Waals surface area contributed by atoms with Crippen LogP contribution in [0.4, 0.5) is 15.8 Å². The number of nitrogens with zero attached hydrogens (tertiary/aromatic N) is 2. The number of imidazole rings is 1. The van der Waals surface area contributed by atoms with Crippen LogP contribution in [-0.2, 0) is 4.74 Å². The number of carbonyl (C=O) groups excluding carboxylic acids is 1. The van der Waals surface area contributed by atoms with E-state index in [1.807, 2.05) is 11.8 Å². The van der Waals surface area contributed by atoms with E-state index in [1.54, 1.807) is 36.4 Å². The van der Waals surface area contributed by atoms with Gasteiger partial charge >= 0.3 is 5.69 Å². The quantitative estimate of drug-likeness (QED) is 0.416. The standard InChI is InChI=1S/C24H22FN5O4/c1-14-13-33-8-7-30(14)18-10-15(9-16(25)11-18)23(31)27-17-3-2-4-19(12-17)34-20-5-6-26-22-21(20)28-24(32)29-22/h2-6,9-12,14H,7-8,13H2,1H3,(H,27,31)(H2,26,28,29,32). The summed E-state index contributed by atoms with van der Waals surface area (Å²) in [4.78, 5) is 35.8. The highest BCUT2D eigenvalue weighted by molar-refractivity contribution is 6.05. The van der Waals surface area contributed by atoms with Crippen LogP contribution in [-0.4, -0.2) is 46.7 Å². The van der Waals surface area contributed by atoms with Crippen molar-refractivity contribution < 1.29 is 18.7 Å². The number of aromatic amines is 2. The van der Waals surface area contributed by atoms with Gasteiger partial charge in [0.15, 0.2) is 11.4 Å². The third-order valence-electron chi connectivity index (χ3n) is 5.55. The predicted molar refractivity (Wildman–Crippen MR) is 125 cm³/mol. The van der Waals surface area contributed by atoms with E-state index in [0.717, 1.165) is 0 Å². The molecule has 1 saturated heterocycles. The maximum atomic E-state index is 14.4. The molecule has 4 aromatic rings. The number of carbonyl (C=O) groups is 1. The SMILES string of the molecule is CC1COCCN1c1cc(F)cc(C(=O)Nc2cccc(Oc3ccnc4[nH]c(=O)[nH]c34)c2)c1. The molecule has 1 unspecified atom stereocenters. The lowest BCUT2D eigenvalue weighted by Crippen LogP contribution is -2.43. The number of nitrogens with one attached hydrogen (secondary N) is 3. The number of hydrogen-bond acceptors (Lipinski definition) is 6. The Kier molecular flexibility index (Phi) is 5.72. The molecule has 34 heavy (non-hydrogen) atoms. The molecule has 0 aliphatic carbocycles. The van der Waals surface area contributed by atoms with E-state index >= 15 is 0 Å². The first-order valence-corrected chi connectivity index (χ1v) is 10.8. The Labute approximate surface area is 193 Å². The van der Waals surface area contributed by atoms with Crippen molar-refractivity contribution in [2.75, 3.05) is 30.0 Å². The van der Waals surface area contributed by atoms with E-state index in [4.69, 9.17) is 9.47 Å². The molecule has 0 saturated carbocycles. The summed E-state index contributed by atoms with van der Waals surface area (Å²) < 4.78 is 25.7. The Bertz CT molecular complexity index is 1420. The van der Waals surface area contributed by atoms with Crippen LogP contribution in [0.3, 0.4) is 0 Å². The van der Waals surface area contributed by atoms with Gasteiger partial charge in [-0.15, -0.1) is 0 Å². The van der Waals surface area contributed by atoms with Crippen LogP contribution in [0.5, 0.6) is 11.5 Å². The predicted octanol–water partition coefficient (Wildman–Crippen LogP) is 3.66. The molecule has 3 heterocycles. The van der Waals surface area contributed by atoms with Gasteiger partial charge in [0.05, 0.1) is 13.2 Å². The monoisotopic (exact) mass is 463 g/mol. The van der Waals surface area contributed by atoms with Gasteiger partial charge in [0.25, 0.3) is 5.91 Å². The zero-order chi connectivity index (χ0) is 23.7. The van der Waals surface area contributed by atoms with Crippen molar-refractivity contribution in [3.63, 3.8) is 0 Å². The topological polar surface area (TPSA) is 112 Å². The van der Waals surface area contributed by atoms with E-state index in [0.29, 0.717) is 53.8 Å². The number of pyridine rings is 1. The number of anilines is 2. The molecule has 174 valence electrons. The number of fused-ring (bicyclic) bond motifs is 1. The second-order valence-corrected chi connectivity index (χ2v) is 8.01. The molecule has 3 N–H and O–H groups in total. The van der Waals surface area contributed by atoms with Crippen LogP contribution in [0, 0.1) is 5.82 Å². The van der Waals surface area contributed by atoms with Crippen LogP contribution in [0.1, 0.15) is 17.3 Å². The molecule has 1 atom stereocenters. The molecule has 1 amide bonds.